The van der Waals surface area contributed by atoms with E-state index in [1.807, 2.05) is 0 Å². The van der Waals surface area contributed by atoms with Gasteiger partial charge in [-0.1, -0.05) is 20.8 Å². The number of hydrogen-bond donors (Lipinski definition) is 0. The minimum Gasteiger partial charge on any atom is -0.379 e. The van der Waals surface area contributed by atoms with Crippen molar-refractivity contribution in [2.24, 2.45) is 11.3 Å². The molecular formula is C16H32N2O. The maximum atomic E-state index is 5.40. The molecule has 3 heteroatoms. The van der Waals surface area contributed by atoms with E-state index in [4.69, 9.17) is 4.74 Å². The Bertz CT molecular complexity index is 256. The van der Waals surface area contributed by atoms with E-state index in [-0.39, 0.29) is 0 Å². The molecule has 2 saturated heterocycles. The standard InChI is InChI=1S/C16H32N2O/c1-16(2,3)15-6-4-7-18(14-15)9-5-8-17-10-12-19-13-11-17/h15H,4-14H2,1-3H3. The molecule has 112 valence electrons. The van der Waals surface area contributed by atoms with Gasteiger partial charge in [-0.3, -0.25) is 4.90 Å². The second-order valence-corrected chi connectivity index (χ2v) is 7.31. The summed E-state index contributed by atoms with van der Waals surface area (Å²) >= 11 is 0. The maximum Gasteiger partial charge on any atom is 0.0594 e. The average Bonchev–Trinajstić information content (AvgIpc) is 2.39. The molecule has 1 atom stereocenters. The first-order valence-electron chi connectivity index (χ1n) is 8.08. The summed E-state index contributed by atoms with van der Waals surface area (Å²) in [6.07, 6.45) is 4.12. The van der Waals surface area contributed by atoms with Crippen LogP contribution < -0.4 is 0 Å². The fourth-order valence-electron chi connectivity index (χ4n) is 3.31. The van der Waals surface area contributed by atoms with Gasteiger partial charge in [0.15, 0.2) is 0 Å². The van der Waals surface area contributed by atoms with Crippen LogP contribution in [-0.2, 0) is 4.74 Å². The first-order chi connectivity index (χ1) is 9.05. The van der Waals surface area contributed by atoms with E-state index in [0.717, 1.165) is 32.2 Å². The van der Waals surface area contributed by atoms with Gasteiger partial charge in [0.05, 0.1) is 13.2 Å². The molecule has 2 aliphatic heterocycles. The van der Waals surface area contributed by atoms with Crippen molar-refractivity contribution in [2.75, 3.05) is 52.5 Å². The van der Waals surface area contributed by atoms with Gasteiger partial charge in [0.1, 0.15) is 0 Å². The molecule has 0 amide bonds. The Kier molecular flexibility index (Phi) is 5.67. The normalized spacial score (nSPS) is 27.6. The molecule has 2 aliphatic rings. The van der Waals surface area contributed by atoms with Gasteiger partial charge in [-0.05, 0) is 50.2 Å². The summed E-state index contributed by atoms with van der Waals surface area (Å²) in [5, 5.41) is 0. The molecule has 1 unspecified atom stereocenters. The lowest BCUT2D eigenvalue weighted by Crippen LogP contribution is -2.42. The first-order valence-corrected chi connectivity index (χ1v) is 8.08. The fourth-order valence-corrected chi connectivity index (χ4v) is 3.31. The SMILES string of the molecule is CC(C)(C)C1CCCN(CCCN2CCOCC2)C1. The first kappa shape index (κ1) is 15.3. The number of morpholine rings is 1. The smallest absolute Gasteiger partial charge is 0.0594 e. The molecule has 2 heterocycles. The molecule has 0 saturated carbocycles. The van der Waals surface area contributed by atoms with E-state index in [1.165, 1.54) is 45.4 Å². The second kappa shape index (κ2) is 7.05. The fraction of sp³-hybridized carbons (Fsp3) is 1.00. The van der Waals surface area contributed by atoms with Crippen LogP contribution in [0.25, 0.3) is 0 Å². The van der Waals surface area contributed by atoms with Crippen molar-refractivity contribution in [1.82, 2.24) is 9.80 Å². The highest BCUT2D eigenvalue weighted by Crippen LogP contribution is 2.33. The van der Waals surface area contributed by atoms with Gasteiger partial charge in [-0.2, -0.15) is 0 Å². The van der Waals surface area contributed by atoms with Crippen LogP contribution in [0.1, 0.15) is 40.0 Å². The van der Waals surface area contributed by atoms with Crippen molar-refractivity contribution >= 4 is 0 Å². The summed E-state index contributed by atoms with van der Waals surface area (Å²) in [5.41, 5.74) is 0.475. The second-order valence-electron chi connectivity index (χ2n) is 7.31. The molecular weight excluding hydrogens is 236 g/mol. The summed E-state index contributed by atoms with van der Waals surface area (Å²) in [6.45, 7) is 16.5. The molecule has 19 heavy (non-hydrogen) atoms. The summed E-state index contributed by atoms with van der Waals surface area (Å²) < 4.78 is 5.40. The zero-order valence-corrected chi connectivity index (χ0v) is 13.2. The molecule has 0 aromatic heterocycles. The average molecular weight is 268 g/mol. The topological polar surface area (TPSA) is 15.7 Å². The van der Waals surface area contributed by atoms with Gasteiger partial charge >= 0.3 is 0 Å². The van der Waals surface area contributed by atoms with Crippen LogP contribution in [0.15, 0.2) is 0 Å². The molecule has 0 radical (unpaired) electrons. The van der Waals surface area contributed by atoms with Crippen molar-refractivity contribution < 1.29 is 4.74 Å². The lowest BCUT2D eigenvalue weighted by atomic mass is 9.76. The number of rotatable bonds is 4. The predicted octanol–water partition coefficient (Wildman–Crippen LogP) is 2.47. The van der Waals surface area contributed by atoms with Crippen LogP contribution in [0.3, 0.4) is 0 Å². The minimum atomic E-state index is 0.475. The Morgan fingerprint density at radius 1 is 1.00 bits per heavy atom. The maximum absolute atomic E-state index is 5.40. The van der Waals surface area contributed by atoms with Crippen molar-refractivity contribution in [1.29, 1.82) is 0 Å². The van der Waals surface area contributed by atoms with Crippen molar-refractivity contribution in [3.63, 3.8) is 0 Å². The molecule has 0 bridgehead atoms. The third kappa shape index (κ3) is 5.05. The van der Waals surface area contributed by atoms with E-state index in [9.17, 15) is 0 Å². The zero-order valence-electron chi connectivity index (χ0n) is 13.2. The molecule has 0 aromatic carbocycles. The van der Waals surface area contributed by atoms with Gasteiger partial charge in [-0.25, -0.2) is 0 Å². The number of piperidine rings is 1. The van der Waals surface area contributed by atoms with Gasteiger partial charge in [0.25, 0.3) is 0 Å². The molecule has 0 aromatic rings. The van der Waals surface area contributed by atoms with E-state index >= 15 is 0 Å². The molecule has 3 nitrogen and oxygen atoms in total. The Balaban J connectivity index is 1.65. The van der Waals surface area contributed by atoms with Crippen LogP contribution in [-0.4, -0.2) is 62.3 Å². The summed E-state index contributed by atoms with van der Waals surface area (Å²) in [4.78, 5) is 5.24. The van der Waals surface area contributed by atoms with Crippen LogP contribution in [0, 0.1) is 11.3 Å². The molecule has 0 N–H and O–H groups in total. The number of hydrogen-bond acceptors (Lipinski definition) is 3. The molecule has 2 fully saturated rings. The monoisotopic (exact) mass is 268 g/mol. The highest BCUT2D eigenvalue weighted by atomic mass is 16.5. The van der Waals surface area contributed by atoms with Gasteiger partial charge < -0.3 is 9.64 Å². The van der Waals surface area contributed by atoms with Crippen LogP contribution in [0.2, 0.25) is 0 Å². The summed E-state index contributed by atoms with van der Waals surface area (Å²) in [5.74, 6) is 0.879. The third-order valence-corrected chi connectivity index (χ3v) is 4.78. The summed E-state index contributed by atoms with van der Waals surface area (Å²) in [7, 11) is 0. The predicted molar refractivity (Wildman–Crippen MR) is 80.5 cm³/mol. The molecule has 2 rings (SSSR count). The minimum absolute atomic E-state index is 0.475. The Labute approximate surface area is 119 Å². The molecule has 0 spiro atoms. The third-order valence-electron chi connectivity index (χ3n) is 4.78. The van der Waals surface area contributed by atoms with Gasteiger partial charge in [0.2, 0.25) is 0 Å². The largest absolute Gasteiger partial charge is 0.379 e. The van der Waals surface area contributed by atoms with Crippen molar-refractivity contribution in [3.8, 4) is 0 Å². The van der Waals surface area contributed by atoms with Gasteiger partial charge in [-0.15, -0.1) is 0 Å². The highest BCUT2D eigenvalue weighted by molar-refractivity contribution is 4.81. The lowest BCUT2D eigenvalue weighted by molar-refractivity contribution is 0.0341. The number of ether oxygens (including phenoxy) is 1. The molecule has 0 aliphatic carbocycles. The highest BCUT2D eigenvalue weighted by Gasteiger charge is 2.29. The zero-order chi connectivity index (χ0) is 13.7. The van der Waals surface area contributed by atoms with Crippen molar-refractivity contribution in [3.05, 3.63) is 0 Å². The number of nitrogens with zero attached hydrogens (tertiary/aromatic N) is 2. The quantitative estimate of drug-likeness (QED) is 0.779. The lowest BCUT2D eigenvalue weighted by Gasteiger charge is -2.40. The van der Waals surface area contributed by atoms with E-state index < -0.39 is 0 Å². The van der Waals surface area contributed by atoms with E-state index in [2.05, 4.69) is 30.6 Å². The van der Waals surface area contributed by atoms with Gasteiger partial charge in [0, 0.05) is 19.6 Å². The van der Waals surface area contributed by atoms with E-state index in [1.54, 1.807) is 0 Å². The Hall–Kier alpha value is -0.120. The Morgan fingerprint density at radius 2 is 1.68 bits per heavy atom. The van der Waals surface area contributed by atoms with Crippen molar-refractivity contribution in [2.45, 2.75) is 40.0 Å². The van der Waals surface area contributed by atoms with Crippen LogP contribution in [0.4, 0.5) is 0 Å². The van der Waals surface area contributed by atoms with E-state index in [0.29, 0.717) is 5.41 Å². The Morgan fingerprint density at radius 3 is 2.37 bits per heavy atom. The van der Waals surface area contributed by atoms with Crippen LogP contribution >= 0.6 is 0 Å². The summed E-state index contributed by atoms with van der Waals surface area (Å²) in [6, 6.07) is 0. The van der Waals surface area contributed by atoms with Crippen LogP contribution in [0.5, 0.6) is 0 Å². The number of likely N-dealkylation sites (tertiary alicyclic amines) is 1.